The first kappa shape index (κ1) is 12.6. The summed E-state index contributed by atoms with van der Waals surface area (Å²) in [6, 6.07) is 0. The van der Waals surface area contributed by atoms with E-state index in [4.69, 9.17) is 15.6 Å². The monoisotopic (exact) mass is 267 g/mol. The number of anilines is 1. The molecule has 2 aliphatic rings. The van der Waals surface area contributed by atoms with Crippen LogP contribution in [0.3, 0.4) is 0 Å². The van der Waals surface area contributed by atoms with Crippen LogP contribution in [0, 0.1) is 0 Å². The van der Waals surface area contributed by atoms with Crippen LogP contribution in [0.2, 0.25) is 0 Å². The molecule has 0 bridgehead atoms. The highest BCUT2D eigenvalue weighted by molar-refractivity contribution is 5.41. The second-order valence-electron chi connectivity index (χ2n) is 5.16. The highest BCUT2D eigenvalue weighted by Gasteiger charge is 2.36. The van der Waals surface area contributed by atoms with Gasteiger partial charge in [-0.3, -0.25) is 4.57 Å². The van der Waals surface area contributed by atoms with E-state index in [1.165, 1.54) is 4.57 Å². The zero-order valence-electron chi connectivity index (χ0n) is 10.4. The second-order valence-corrected chi connectivity index (χ2v) is 5.16. The number of nitrogens with two attached hydrogens (primary N) is 1. The predicted octanol–water partition coefficient (Wildman–Crippen LogP) is -0.656. The maximum Gasteiger partial charge on any atom is 0.351 e. The number of aliphatic hydroxyl groups is 2. The van der Waals surface area contributed by atoms with Crippen LogP contribution in [0.4, 0.5) is 5.82 Å². The summed E-state index contributed by atoms with van der Waals surface area (Å²) in [5.74, 6) is 0.653. The molecular formula is C12H17N3O4. The Kier molecular flexibility index (Phi) is 3.04. The minimum atomic E-state index is -0.774. The molecule has 2 fully saturated rings. The number of aromatic nitrogens is 2. The zero-order valence-corrected chi connectivity index (χ0v) is 10.4. The van der Waals surface area contributed by atoms with Crippen LogP contribution < -0.4 is 11.4 Å². The lowest BCUT2D eigenvalue weighted by molar-refractivity contribution is -0.0459. The van der Waals surface area contributed by atoms with Gasteiger partial charge in [0.15, 0.2) is 0 Å². The topological polar surface area (TPSA) is 111 Å². The van der Waals surface area contributed by atoms with Crippen LogP contribution >= 0.6 is 0 Å². The fourth-order valence-electron chi connectivity index (χ4n) is 2.46. The van der Waals surface area contributed by atoms with Gasteiger partial charge in [0.05, 0.1) is 12.7 Å². The summed E-state index contributed by atoms with van der Waals surface area (Å²) < 4.78 is 6.83. The lowest BCUT2D eigenvalue weighted by Crippen LogP contribution is -2.29. The van der Waals surface area contributed by atoms with Crippen LogP contribution in [-0.2, 0) is 4.74 Å². The number of rotatable bonds is 3. The molecule has 1 aliphatic carbocycles. The number of hydrogen-bond donors (Lipinski definition) is 3. The van der Waals surface area contributed by atoms with E-state index in [1.807, 2.05) is 0 Å². The first-order valence-electron chi connectivity index (χ1n) is 6.43. The summed E-state index contributed by atoms with van der Waals surface area (Å²) in [6.07, 6.45) is 2.03. The molecule has 3 rings (SSSR count). The first-order valence-corrected chi connectivity index (χ1v) is 6.43. The lowest BCUT2D eigenvalue weighted by atomic mass is 10.2. The van der Waals surface area contributed by atoms with Crippen LogP contribution in [0.15, 0.2) is 11.0 Å². The van der Waals surface area contributed by atoms with E-state index in [9.17, 15) is 9.90 Å². The largest absolute Gasteiger partial charge is 0.394 e. The van der Waals surface area contributed by atoms with E-state index in [1.54, 1.807) is 6.20 Å². The Bertz CT molecular complexity index is 540. The van der Waals surface area contributed by atoms with E-state index in [0.717, 1.165) is 18.4 Å². The normalized spacial score (nSPS) is 30.7. The highest BCUT2D eigenvalue weighted by Crippen LogP contribution is 2.42. The second kappa shape index (κ2) is 4.59. The third kappa shape index (κ3) is 2.24. The Hall–Kier alpha value is -1.44. The molecule has 1 saturated heterocycles. The van der Waals surface area contributed by atoms with Crippen molar-refractivity contribution in [2.75, 3.05) is 12.3 Å². The molecule has 1 aliphatic heterocycles. The van der Waals surface area contributed by atoms with Gasteiger partial charge in [0.1, 0.15) is 18.1 Å². The fourth-order valence-corrected chi connectivity index (χ4v) is 2.46. The van der Waals surface area contributed by atoms with Gasteiger partial charge in [-0.05, 0) is 18.8 Å². The van der Waals surface area contributed by atoms with Crippen LogP contribution in [0.25, 0.3) is 0 Å². The smallest absolute Gasteiger partial charge is 0.351 e. The molecular weight excluding hydrogens is 250 g/mol. The molecule has 0 aromatic carbocycles. The van der Waals surface area contributed by atoms with E-state index in [-0.39, 0.29) is 18.8 Å². The molecule has 104 valence electrons. The van der Waals surface area contributed by atoms with Gasteiger partial charge in [0, 0.05) is 18.2 Å². The van der Waals surface area contributed by atoms with Crippen molar-refractivity contribution in [3.05, 3.63) is 22.2 Å². The van der Waals surface area contributed by atoms with Gasteiger partial charge in [-0.25, -0.2) is 4.79 Å². The van der Waals surface area contributed by atoms with Gasteiger partial charge in [0.2, 0.25) is 0 Å². The van der Waals surface area contributed by atoms with Crippen molar-refractivity contribution in [1.29, 1.82) is 0 Å². The maximum atomic E-state index is 11.9. The van der Waals surface area contributed by atoms with Gasteiger partial charge in [-0.15, -0.1) is 0 Å². The van der Waals surface area contributed by atoms with Crippen LogP contribution in [-0.4, -0.2) is 38.6 Å². The summed E-state index contributed by atoms with van der Waals surface area (Å²) in [4.78, 5) is 15.7. The molecule has 0 amide bonds. The average molecular weight is 267 g/mol. The molecule has 1 saturated carbocycles. The number of nitrogen functional groups attached to an aromatic ring is 1. The third-order valence-corrected chi connectivity index (χ3v) is 3.72. The summed E-state index contributed by atoms with van der Waals surface area (Å²) in [7, 11) is 0. The van der Waals surface area contributed by atoms with E-state index in [2.05, 4.69) is 4.98 Å². The minimum absolute atomic E-state index is 0.265. The van der Waals surface area contributed by atoms with Crippen molar-refractivity contribution in [2.45, 2.75) is 43.6 Å². The SMILES string of the molecule is Nc1nc(=O)n([C@H]2C[C@H](O)[C@@H](CO)O2)cc1C1CC1. The first-order chi connectivity index (χ1) is 9.10. The predicted molar refractivity (Wildman–Crippen MR) is 66.5 cm³/mol. The summed E-state index contributed by atoms with van der Waals surface area (Å²) >= 11 is 0. The van der Waals surface area contributed by atoms with Crippen molar-refractivity contribution < 1.29 is 14.9 Å². The van der Waals surface area contributed by atoms with Crippen molar-refractivity contribution >= 4 is 5.82 Å². The number of ether oxygens (including phenoxy) is 1. The fraction of sp³-hybridized carbons (Fsp3) is 0.667. The van der Waals surface area contributed by atoms with Gasteiger partial charge in [0.25, 0.3) is 0 Å². The Morgan fingerprint density at radius 2 is 2.26 bits per heavy atom. The Morgan fingerprint density at radius 3 is 2.84 bits per heavy atom. The molecule has 7 heteroatoms. The number of aliphatic hydroxyl groups excluding tert-OH is 2. The summed E-state index contributed by atoms with van der Waals surface area (Å²) in [5.41, 5.74) is 6.13. The van der Waals surface area contributed by atoms with Crippen molar-refractivity contribution in [3.8, 4) is 0 Å². The Balaban J connectivity index is 1.92. The molecule has 0 radical (unpaired) electrons. The highest BCUT2D eigenvalue weighted by atomic mass is 16.5. The van der Waals surface area contributed by atoms with E-state index < -0.39 is 24.1 Å². The molecule has 7 nitrogen and oxygen atoms in total. The number of hydrogen-bond acceptors (Lipinski definition) is 6. The molecule has 2 heterocycles. The molecule has 1 aromatic heterocycles. The standard InChI is InChI=1S/C12H17N3O4/c13-11-7(6-1-2-6)4-15(12(18)14-11)10-3-8(17)9(5-16)19-10/h4,6,8-10,16-17H,1-3,5H2,(H2,13,14,18)/t8-,9+,10+/m0/s1. The lowest BCUT2D eigenvalue weighted by Gasteiger charge is -2.16. The summed E-state index contributed by atoms with van der Waals surface area (Å²) in [5, 5.41) is 18.8. The Labute approximate surface area is 109 Å². The third-order valence-electron chi connectivity index (χ3n) is 3.72. The van der Waals surface area contributed by atoms with Crippen LogP contribution in [0.5, 0.6) is 0 Å². The van der Waals surface area contributed by atoms with Gasteiger partial charge < -0.3 is 20.7 Å². The van der Waals surface area contributed by atoms with Gasteiger partial charge in [-0.1, -0.05) is 0 Å². The Morgan fingerprint density at radius 1 is 1.53 bits per heavy atom. The number of nitrogens with zero attached hydrogens (tertiary/aromatic N) is 2. The van der Waals surface area contributed by atoms with Crippen LogP contribution in [0.1, 0.15) is 37.0 Å². The van der Waals surface area contributed by atoms with Gasteiger partial charge in [-0.2, -0.15) is 4.98 Å². The zero-order chi connectivity index (χ0) is 13.6. The molecule has 0 spiro atoms. The molecule has 4 N–H and O–H groups in total. The molecule has 3 atom stereocenters. The quantitative estimate of drug-likeness (QED) is 0.670. The summed E-state index contributed by atoms with van der Waals surface area (Å²) in [6.45, 7) is -0.274. The molecule has 0 unspecified atom stereocenters. The maximum absolute atomic E-state index is 11.9. The molecule has 1 aromatic rings. The van der Waals surface area contributed by atoms with Gasteiger partial charge >= 0.3 is 5.69 Å². The average Bonchev–Trinajstić information content (AvgIpc) is 3.13. The van der Waals surface area contributed by atoms with E-state index in [0.29, 0.717) is 5.92 Å². The van der Waals surface area contributed by atoms with E-state index >= 15 is 0 Å². The van der Waals surface area contributed by atoms with Crippen molar-refractivity contribution in [2.24, 2.45) is 0 Å². The minimum Gasteiger partial charge on any atom is -0.394 e. The van der Waals surface area contributed by atoms with Crippen molar-refractivity contribution in [1.82, 2.24) is 9.55 Å². The van der Waals surface area contributed by atoms with Crippen molar-refractivity contribution in [3.63, 3.8) is 0 Å². The molecule has 19 heavy (non-hydrogen) atoms.